The van der Waals surface area contributed by atoms with Gasteiger partial charge >= 0.3 is 5.76 Å². The molecule has 0 saturated carbocycles. The van der Waals surface area contributed by atoms with Crippen molar-refractivity contribution >= 4 is 11.1 Å². The van der Waals surface area contributed by atoms with E-state index in [9.17, 15) is 4.79 Å². The van der Waals surface area contributed by atoms with Crippen molar-refractivity contribution in [2.45, 2.75) is 6.42 Å². The van der Waals surface area contributed by atoms with Crippen molar-refractivity contribution in [1.82, 2.24) is 15.0 Å². The highest BCUT2D eigenvalue weighted by atomic mass is 16.4. The normalized spacial score (nSPS) is 11.0. The Morgan fingerprint density at radius 2 is 2.21 bits per heavy atom. The Labute approximate surface area is 107 Å². The molecule has 0 spiro atoms. The van der Waals surface area contributed by atoms with E-state index in [1.807, 2.05) is 6.07 Å². The summed E-state index contributed by atoms with van der Waals surface area (Å²) in [6.07, 6.45) is 2.06. The lowest BCUT2D eigenvalue weighted by Crippen LogP contribution is -1.99. The van der Waals surface area contributed by atoms with Gasteiger partial charge in [0, 0.05) is 18.2 Å². The summed E-state index contributed by atoms with van der Waals surface area (Å²) in [5.41, 5.74) is 2.70. The Hall–Kier alpha value is -2.47. The number of benzene rings is 1. The molecule has 2 N–H and O–H groups in total. The summed E-state index contributed by atoms with van der Waals surface area (Å²) in [7, 11) is 0. The van der Waals surface area contributed by atoms with Gasteiger partial charge in [0.25, 0.3) is 0 Å². The third-order valence-electron chi connectivity index (χ3n) is 2.76. The van der Waals surface area contributed by atoms with Gasteiger partial charge in [-0.2, -0.15) is 0 Å². The number of H-pyrrole nitrogens is 1. The number of aliphatic hydroxyl groups excluding tert-OH is 1. The Morgan fingerprint density at radius 1 is 1.32 bits per heavy atom. The van der Waals surface area contributed by atoms with E-state index < -0.39 is 5.76 Å². The average Bonchev–Trinajstić information content (AvgIpc) is 2.78. The van der Waals surface area contributed by atoms with Crippen LogP contribution >= 0.6 is 0 Å². The highest BCUT2D eigenvalue weighted by molar-refractivity contribution is 5.78. The second kappa shape index (κ2) is 4.66. The van der Waals surface area contributed by atoms with Crippen LogP contribution in [0.3, 0.4) is 0 Å². The topological polar surface area (TPSA) is 92.0 Å². The predicted octanol–water partition coefficient (Wildman–Crippen LogP) is 1.11. The third kappa shape index (κ3) is 2.25. The number of rotatable bonds is 3. The van der Waals surface area contributed by atoms with E-state index in [0.29, 0.717) is 23.3 Å². The van der Waals surface area contributed by atoms with Gasteiger partial charge in [-0.05, 0) is 18.2 Å². The van der Waals surface area contributed by atoms with Gasteiger partial charge in [0.2, 0.25) is 0 Å². The molecule has 6 nitrogen and oxygen atoms in total. The van der Waals surface area contributed by atoms with E-state index in [4.69, 9.17) is 9.52 Å². The smallest absolute Gasteiger partial charge is 0.408 e. The van der Waals surface area contributed by atoms with Crippen LogP contribution in [0.1, 0.15) is 5.82 Å². The first kappa shape index (κ1) is 11.6. The Kier molecular flexibility index (Phi) is 2.85. The number of aromatic amines is 1. The van der Waals surface area contributed by atoms with E-state index in [-0.39, 0.29) is 6.61 Å². The molecule has 3 rings (SSSR count). The number of nitrogens with one attached hydrogen (secondary N) is 1. The molecule has 3 aromatic rings. The maximum absolute atomic E-state index is 11.1. The minimum Gasteiger partial charge on any atom is -0.408 e. The van der Waals surface area contributed by atoms with Crippen molar-refractivity contribution in [2.24, 2.45) is 0 Å². The van der Waals surface area contributed by atoms with Crippen molar-refractivity contribution in [1.29, 1.82) is 0 Å². The first-order valence-electron chi connectivity index (χ1n) is 5.82. The summed E-state index contributed by atoms with van der Waals surface area (Å²) < 4.78 is 5.01. The predicted molar refractivity (Wildman–Crippen MR) is 68.7 cm³/mol. The number of nitrogens with zero attached hydrogens (tertiary/aromatic N) is 2. The fourth-order valence-corrected chi connectivity index (χ4v) is 1.89. The molecule has 0 radical (unpaired) electrons. The average molecular weight is 257 g/mol. The third-order valence-corrected chi connectivity index (χ3v) is 2.76. The van der Waals surface area contributed by atoms with E-state index in [1.165, 1.54) is 0 Å². The van der Waals surface area contributed by atoms with Gasteiger partial charge in [0.15, 0.2) is 5.58 Å². The highest BCUT2D eigenvalue weighted by Crippen LogP contribution is 2.21. The molecule has 1 aromatic carbocycles. The number of oxazole rings is 1. The zero-order chi connectivity index (χ0) is 13.2. The quantitative estimate of drug-likeness (QED) is 0.733. The molecule has 0 aliphatic rings. The molecular formula is C13H11N3O3. The standard InChI is InChI=1S/C13H11N3O3/c17-6-4-12-14-5-3-9(15-12)8-1-2-10-11(7-8)19-13(18)16-10/h1-3,5,7,17H,4,6H2,(H,16,18). The molecule has 0 amide bonds. The number of aliphatic hydroxyl groups is 1. The van der Waals surface area contributed by atoms with Gasteiger partial charge in [-0.15, -0.1) is 0 Å². The first-order valence-corrected chi connectivity index (χ1v) is 5.82. The second-order valence-electron chi connectivity index (χ2n) is 4.06. The van der Waals surface area contributed by atoms with Gasteiger partial charge in [-0.25, -0.2) is 14.8 Å². The number of hydrogen-bond acceptors (Lipinski definition) is 5. The van der Waals surface area contributed by atoms with Gasteiger partial charge in [-0.1, -0.05) is 6.07 Å². The lowest BCUT2D eigenvalue weighted by Gasteiger charge is -2.02. The summed E-state index contributed by atoms with van der Waals surface area (Å²) in [6, 6.07) is 7.13. The van der Waals surface area contributed by atoms with E-state index >= 15 is 0 Å². The van der Waals surface area contributed by atoms with E-state index in [2.05, 4.69) is 15.0 Å². The Morgan fingerprint density at radius 3 is 3.05 bits per heavy atom. The fraction of sp³-hybridized carbons (Fsp3) is 0.154. The summed E-state index contributed by atoms with van der Waals surface area (Å²) in [5.74, 6) is 0.103. The van der Waals surface area contributed by atoms with Crippen molar-refractivity contribution in [3.8, 4) is 11.3 Å². The molecule has 0 fully saturated rings. The summed E-state index contributed by atoms with van der Waals surface area (Å²) >= 11 is 0. The van der Waals surface area contributed by atoms with E-state index in [0.717, 1.165) is 11.3 Å². The Bertz CT molecular complexity index is 776. The van der Waals surface area contributed by atoms with E-state index in [1.54, 1.807) is 24.4 Å². The van der Waals surface area contributed by atoms with Gasteiger partial charge in [-0.3, -0.25) is 4.98 Å². The Balaban J connectivity index is 2.07. The van der Waals surface area contributed by atoms with Crippen LogP contribution in [-0.2, 0) is 6.42 Å². The minimum atomic E-state index is -0.476. The summed E-state index contributed by atoms with van der Waals surface area (Å²) in [5, 5.41) is 8.89. The van der Waals surface area contributed by atoms with Gasteiger partial charge in [0.1, 0.15) is 5.82 Å². The van der Waals surface area contributed by atoms with Crippen LogP contribution in [0.5, 0.6) is 0 Å². The summed E-state index contributed by atoms with van der Waals surface area (Å²) in [4.78, 5) is 22.1. The van der Waals surface area contributed by atoms with Crippen molar-refractivity contribution in [3.63, 3.8) is 0 Å². The second-order valence-corrected chi connectivity index (χ2v) is 4.06. The lowest BCUT2D eigenvalue weighted by molar-refractivity contribution is 0.296. The molecule has 6 heteroatoms. The molecule has 19 heavy (non-hydrogen) atoms. The molecule has 0 aliphatic carbocycles. The highest BCUT2D eigenvalue weighted by Gasteiger charge is 2.06. The van der Waals surface area contributed by atoms with Crippen LogP contribution < -0.4 is 5.76 Å². The number of hydrogen-bond donors (Lipinski definition) is 2. The van der Waals surface area contributed by atoms with Crippen molar-refractivity contribution in [2.75, 3.05) is 6.61 Å². The number of fused-ring (bicyclic) bond motifs is 1. The minimum absolute atomic E-state index is 0.00910. The molecule has 0 aliphatic heterocycles. The largest absolute Gasteiger partial charge is 0.417 e. The summed E-state index contributed by atoms with van der Waals surface area (Å²) in [6.45, 7) is 0.00910. The first-order chi connectivity index (χ1) is 9.26. The van der Waals surface area contributed by atoms with Crippen LogP contribution in [0.25, 0.3) is 22.4 Å². The monoisotopic (exact) mass is 257 g/mol. The molecule has 2 aromatic heterocycles. The number of aromatic nitrogens is 3. The molecule has 0 atom stereocenters. The van der Waals surface area contributed by atoms with Crippen molar-refractivity contribution < 1.29 is 9.52 Å². The van der Waals surface area contributed by atoms with Gasteiger partial charge in [0.05, 0.1) is 17.8 Å². The zero-order valence-electron chi connectivity index (χ0n) is 9.96. The van der Waals surface area contributed by atoms with Crippen LogP contribution in [0.2, 0.25) is 0 Å². The maximum Gasteiger partial charge on any atom is 0.417 e. The molecule has 0 unspecified atom stereocenters. The van der Waals surface area contributed by atoms with Crippen LogP contribution in [-0.4, -0.2) is 26.7 Å². The molecule has 0 bridgehead atoms. The zero-order valence-corrected chi connectivity index (χ0v) is 9.96. The van der Waals surface area contributed by atoms with Gasteiger partial charge < -0.3 is 9.52 Å². The van der Waals surface area contributed by atoms with Crippen molar-refractivity contribution in [3.05, 3.63) is 46.8 Å². The molecule has 0 saturated heterocycles. The maximum atomic E-state index is 11.1. The fourth-order valence-electron chi connectivity index (χ4n) is 1.89. The molecule has 96 valence electrons. The lowest BCUT2D eigenvalue weighted by atomic mass is 10.1. The molecular weight excluding hydrogens is 246 g/mol. The molecule has 2 heterocycles. The van der Waals surface area contributed by atoms with Crippen LogP contribution in [0, 0.1) is 0 Å². The van der Waals surface area contributed by atoms with Crippen LogP contribution in [0.4, 0.5) is 0 Å². The SMILES string of the molecule is O=c1[nH]c2ccc(-c3ccnc(CCO)n3)cc2o1. The van der Waals surface area contributed by atoms with Crippen LogP contribution in [0.15, 0.2) is 39.7 Å².